The van der Waals surface area contributed by atoms with Gasteiger partial charge in [-0.15, -0.1) is 24.0 Å². The van der Waals surface area contributed by atoms with Gasteiger partial charge in [-0.1, -0.05) is 32.0 Å². The van der Waals surface area contributed by atoms with E-state index < -0.39 is 0 Å². The minimum absolute atomic E-state index is 0. The molecule has 4 nitrogen and oxygen atoms in total. The van der Waals surface area contributed by atoms with Crippen molar-refractivity contribution in [2.75, 3.05) is 37.7 Å². The fraction of sp³-hybridized carbons (Fsp3) is 0.562. The van der Waals surface area contributed by atoms with Gasteiger partial charge in [-0.05, 0) is 17.5 Å². The molecule has 0 radical (unpaired) electrons. The number of thioether (sulfide) groups is 1. The smallest absolute Gasteiger partial charge is 0.191 e. The van der Waals surface area contributed by atoms with E-state index in [1.807, 2.05) is 30.0 Å². The van der Waals surface area contributed by atoms with Gasteiger partial charge < -0.3 is 15.4 Å². The monoisotopic (exact) mass is 435 g/mol. The summed E-state index contributed by atoms with van der Waals surface area (Å²) in [6.45, 7) is 7.50. The Hall–Kier alpha value is -0.630. The molecule has 1 heterocycles. The van der Waals surface area contributed by atoms with Crippen molar-refractivity contribution in [1.82, 2.24) is 4.90 Å². The predicted molar refractivity (Wildman–Crippen MR) is 107 cm³/mol. The molecule has 2 N–H and O–H groups in total. The van der Waals surface area contributed by atoms with Crippen LogP contribution in [0, 0.1) is 0 Å². The van der Waals surface area contributed by atoms with Crippen LogP contribution in [0.25, 0.3) is 0 Å². The number of nitrogens with zero attached hydrogens (tertiary/aromatic N) is 2. The van der Waals surface area contributed by atoms with Crippen molar-refractivity contribution in [3.63, 3.8) is 0 Å². The van der Waals surface area contributed by atoms with Gasteiger partial charge in [0.15, 0.2) is 5.96 Å². The summed E-state index contributed by atoms with van der Waals surface area (Å²) in [5.41, 5.74) is 7.26. The number of hydrogen-bond donors (Lipinski definition) is 1. The Morgan fingerprint density at radius 3 is 2.68 bits per heavy atom. The standard InChI is InChI=1S/C16H25N3OS.HI/c1-13(2)14-5-3-4-6-15(14)20-10-7-18-16(17)19-8-11-21-12-9-19;/h3-6,13H,7-12H2,1-2H3,(H2,17,18);1H. The Labute approximate surface area is 154 Å². The molecule has 0 atom stereocenters. The molecule has 0 aliphatic carbocycles. The second-order valence-electron chi connectivity index (χ2n) is 5.38. The zero-order chi connectivity index (χ0) is 15.1. The largest absolute Gasteiger partial charge is 0.491 e. The number of nitrogens with two attached hydrogens (primary N) is 1. The number of ether oxygens (including phenoxy) is 1. The highest BCUT2D eigenvalue weighted by molar-refractivity contribution is 14.0. The summed E-state index contributed by atoms with van der Waals surface area (Å²) in [5, 5.41) is 0. The SMILES string of the molecule is CC(C)c1ccccc1OCCN=C(N)N1CCSCC1.I. The van der Waals surface area contributed by atoms with Crippen molar-refractivity contribution in [2.45, 2.75) is 19.8 Å². The van der Waals surface area contributed by atoms with E-state index in [-0.39, 0.29) is 24.0 Å². The average Bonchev–Trinajstić information content (AvgIpc) is 2.52. The van der Waals surface area contributed by atoms with Crippen molar-refractivity contribution >= 4 is 41.7 Å². The normalized spacial score (nSPS) is 15.6. The number of guanidine groups is 1. The number of hydrogen-bond acceptors (Lipinski definition) is 3. The zero-order valence-electron chi connectivity index (χ0n) is 13.3. The molecule has 0 spiro atoms. The summed E-state index contributed by atoms with van der Waals surface area (Å²) in [7, 11) is 0. The quantitative estimate of drug-likeness (QED) is 0.334. The third-order valence-corrected chi connectivity index (χ3v) is 4.44. The third-order valence-electron chi connectivity index (χ3n) is 3.50. The molecule has 22 heavy (non-hydrogen) atoms. The topological polar surface area (TPSA) is 50.9 Å². The van der Waals surface area contributed by atoms with Crippen LogP contribution >= 0.6 is 35.7 Å². The first kappa shape index (κ1) is 19.4. The lowest BCUT2D eigenvalue weighted by Gasteiger charge is -2.27. The van der Waals surface area contributed by atoms with E-state index in [1.54, 1.807) is 0 Å². The summed E-state index contributed by atoms with van der Waals surface area (Å²) in [6.07, 6.45) is 0. The minimum atomic E-state index is 0. The minimum Gasteiger partial charge on any atom is -0.491 e. The lowest BCUT2D eigenvalue weighted by Crippen LogP contribution is -2.42. The van der Waals surface area contributed by atoms with E-state index in [4.69, 9.17) is 10.5 Å². The van der Waals surface area contributed by atoms with Gasteiger partial charge in [0.25, 0.3) is 0 Å². The molecule has 124 valence electrons. The summed E-state index contributed by atoms with van der Waals surface area (Å²) >= 11 is 1.97. The summed E-state index contributed by atoms with van der Waals surface area (Å²) in [4.78, 5) is 6.57. The number of rotatable bonds is 5. The molecule has 0 saturated carbocycles. The van der Waals surface area contributed by atoms with Gasteiger partial charge in [-0.2, -0.15) is 11.8 Å². The maximum Gasteiger partial charge on any atom is 0.191 e. The molecule has 2 rings (SSSR count). The number of halogens is 1. The molecule has 1 saturated heterocycles. The van der Waals surface area contributed by atoms with Gasteiger partial charge in [0.05, 0.1) is 6.54 Å². The summed E-state index contributed by atoms with van der Waals surface area (Å²) < 4.78 is 5.85. The van der Waals surface area contributed by atoms with E-state index >= 15 is 0 Å². The Bertz CT molecular complexity index is 476. The Balaban J connectivity index is 0.00000242. The van der Waals surface area contributed by atoms with Crippen molar-refractivity contribution in [1.29, 1.82) is 0 Å². The zero-order valence-corrected chi connectivity index (χ0v) is 16.5. The van der Waals surface area contributed by atoms with Crippen molar-refractivity contribution < 1.29 is 4.74 Å². The number of para-hydroxylation sites is 1. The van der Waals surface area contributed by atoms with Gasteiger partial charge in [-0.3, -0.25) is 0 Å². The van der Waals surface area contributed by atoms with Crippen LogP contribution < -0.4 is 10.5 Å². The van der Waals surface area contributed by atoms with E-state index in [2.05, 4.69) is 29.8 Å². The molecule has 6 heteroatoms. The third kappa shape index (κ3) is 5.87. The van der Waals surface area contributed by atoms with Crippen LogP contribution in [0.1, 0.15) is 25.3 Å². The molecule has 1 aliphatic heterocycles. The van der Waals surface area contributed by atoms with Crippen LogP contribution in [-0.4, -0.2) is 48.6 Å². The molecule has 0 unspecified atom stereocenters. The fourth-order valence-electron chi connectivity index (χ4n) is 2.30. The van der Waals surface area contributed by atoms with Gasteiger partial charge in [0.2, 0.25) is 0 Å². The van der Waals surface area contributed by atoms with Gasteiger partial charge in [-0.25, -0.2) is 4.99 Å². The van der Waals surface area contributed by atoms with Crippen molar-refractivity contribution in [2.24, 2.45) is 10.7 Å². The van der Waals surface area contributed by atoms with Crippen LogP contribution in [0.4, 0.5) is 0 Å². The highest BCUT2D eigenvalue weighted by Gasteiger charge is 2.12. The van der Waals surface area contributed by atoms with E-state index in [9.17, 15) is 0 Å². The van der Waals surface area contributed by atoms with Crippen molar-refractivity contribution in [3.8, 4) is 5.75 Å². The molecule has 0 bridgehead atoms. The summed E-state index contributed by atoms with van der Waals surface area (Å²) in [5.74, 6) is 4.33. The second-order valence-corrected chi connectivity index (χ2v) is 6.61. The lowest BCUT2D eigenvalue weighted by atomic mass is 10.0. The Morgan fingerprint density at radius 2 is 2.00 bits per heavy atom. The highest BCUT2D eigenvalue weighted by atomic mass is 127. The average molecular weight is 435 g/mol. The molecular weight excluding hydrogens is 409 g/mol. The van der Waals surface area contributed by atoms with E-state index in [1.165, 1.54) is 5.56 Å². The predicted octanol–water partition coefficient (Wildman–Crippen LogP) is 3.17. The molecule has 0 aromatic heterocycles. The maximum atomic E-state index is 6.02. The number of aliphatic imine (C=N–C) groups is 1. The molecule has 1 aromatic rings. The molecular formula is C16H26IN3OS. The van der Waals surface area contributed by atoms with Crippen LogP contribution in [0.15, 0.2) is 29.3 Å². The van der Waals surface area contributed by atoms with Gasteiger partial charge in [0.1, 0.15) is 12.4 Å². The van der Waals surface area contributed by atoms with Crippen LogP contribution in [0.3, 0.4) is 0 Å². The first-order chi connectivity index (χ1) is 10.2. The summed E-state index contributed by atoms with van der Waals surface area (Å²) in [6, 6.07) is 8.18. The van der Waals surface area contributed by atoms with Crippen molar-refractivity contribution in [3.05, 3.63) is 29.8 Å². The fourth-order valence-corrected chi connectivity index (χ4v) is 3.20. The van der Waals surface area contributed by atoms with Gasteiger partial charge >= 0.3 is 0 Å². The van der Waals surface area contributed by atoms with E-state index in [0.717, 1.165) is 30.3 Å². The molecule has 1 fully saturated rings. The highest BCUT2D eigenvalue weighted by Crippen LogP contribution is 2.25. The maximum absolute atomic E-state index is 6.02. The Morgan fingerprint density at radius 1 is 1.32 bits per heavy atom. The molecule has 1 aliphatic rings. The van der Waals surface area contributed by atoms with Crippen LogP contribution in [-0.2, 0) is 0 Å². The van der Waals surface area contributed by atoms with Crippen LogP contribution in [0.2, 0.25) is 0 Å². The first-order valence-electron chi connectivity index (χ1n) is 7.53. The van der Waals surface area contributed by atoms with E-state index in [0.29, 0.717) is 25.0 Å². The lowest BCUT2D eigenvalue weighted by molar-refractivity contribution is 0.323. The molecule has 1 aromatic carbocycles. The Kier molecular flexibility index (Phi) is 9.00. The number of benzene rings is 1. The molecule has 0 amide bonds. The first-order valence-corrected chi connectivity index (χ1v) is 8.68. The van der Waals surface area contributed by atoms with Gasteiger partial charge in [0, 0.05) is 24.6 Å². The second kappa shape index (κ2) is 10.2. The van der Waals surface area contributed by atoms with Crippen LogP contribution in [0.5, 0.6) is 5.75 Å².